The number of methoxy groups -OCH3 is 1. The first-order valence-electron chi connectivity index (χ1n) is 4.75. The van der Waals surface area contributed by atoms with Gasteiger partial charge in [0, 0.05) is 23.6 Å². The normalized spacial score (nSPS) is 11.6. The number of hydrogen-bond acceptors (Lipinski definition) is 2. The van der Waals surface area contributed by atoms with Crippen LogP contribution in [0, 0.1) is 0 Å². The lowest BCUT2D eigenvalue weighted by molar-refractivity contribution is -0.138. The number of hydrogen-bond donors (Lipinski definition) is 0. The molecule has 0 aliphatic rings. The summed E-state index contributed by atoms with van der Waals surface area (Å²) in [6.07, 6.45) is -4.61. The first-order chi connectivity index (χ1) is 7.86. The van der Waals surface area contributed by atoms with Gasteiger partial charge in [-0.25, -0.2) is 0 Å². The van der Waals surface area contributed by atoms with Crippen molar-refractivity contribution in [3.8, 4) is 0 Å². The third-order valence-corrected chi connectivity index (χ3v) is 2.61. The highest BCUT2D eigenvalue weighted by Crippen LogP contribution is 2.34. The molecule has 17 heavy (non-hydrogen) atoms. The third-order valence-electron chi connectivity index (χ3n) is 2.12. The van der Waals surface area contributed by atoms with E-state index in [4.69, 9.17) is 0 Å². The molecule has 1 aromatic rings. The van der Waals surface area contributed by atoms with E-state index in [2.05, 4.69) is 20.7 Å². The second-order valence-electron chi connectivity index (χ2n) is 3.35. The summed E-state index contributed by atoms with van der Waals surface area (Å²) >= 11 is 2.95. The van der Waals surface area contributed by atoms with Crippen LogP contribution >= 0.6 is 15.9 Å². The van der Waals surface area contributed by atoms with Crippen LogP contribution in [0.5, 0.6) is 0 Å². The zero-order valence-corrected chi connectivity index (χ0v) is 10.6. The standard InChI is InChI=1S/C11H10BrF3O2/c1-17-5-4-10(16)8-3-2-7(12)6-9(8)11(13,14)15/h2-3,6H,4-5H2,1H3. The van der Waals surface area contributed by atoms with E-state index in [-0.39, 0.29) is 23.1 Å². The van der Waals surface area contributed by atoms with E-state index in [1.165, 1.54) is 19.2 Å². The molecule has 1 rings (SSSR count). The molecule has 0 aromatic heterocycles. The number of benzene rings is 1. The van der Waals surface area contributed by atoms with Gasteiger partial charge in [0.2, 0.25) is 0 Å². The van der Waals surface area contributed by atoms with Gasteiger partial charge in [-0.2, -0.15) is 13.2 Å². The van der Waals surface area contributed by atoms with Gasteiger partial charge in [-0.05, 0) is 18.2 Å². The molecular formula is C11H10BrF3O2. The monoisotopic (exact) mass is 310 g/mol. The fourth-order valence-electron chi connectivity index (χ4n) is 1.32. The molecule has 0 aliphatic heterocycles. The van der Waals surface area contributed by atoms with Crippen LogP contribution < -0.4 is 0 Å². The Morgan fingerprint density at radius 1 is 1.41 bits per heavy atom. The van der Waals surface area contributed by atoms with Crippen molar-refractivity contribution in [2.24, 2.45) is 0 Å². The van der Waals surface area contributed by atoms with Crippen LogP contribution in [0.2, 0.25) is 0 Å². The predicted octanol–water partition coefficient (Wildman–Crippen LogP) is 3.69. The van der Waals surface area contributed by atoms with Gasteiger partial charge in [0.1, 0.15) is 0 Å². The molecule has 0 aliphatic carbocycles. The van der Waals surface area contributed by atoms with Gasteiger partial charge in [-0.15, -0.1) is 0 Å². The van der Waals surface area contributed by atoms with Gasteiger partial charge in [0.25, 0.3) is 0 Å². The van der Waals surface area contributed by atoms with Crippen molar-refractivity contribution in [2.45, 2.75) is 12.6 Å². The number of ketones is 1. The molecule has 0 spiro atoms. The van der Waals surface area contributed by atoms with Crippen molar-refractivity contribution in [1.82, 2.24) is 0 Å². The number of carbonyl (C=O) groups excluding carboxylic acids is 1. The number of rotatable bonds is 4. The SMILES string of the molecule is COCCC(=O)c1ccc(Br)cc1C(F)(F)F. The summed E-state index contributed by atoms with van der Waals surface area (Å²) in [5.74, 6) is -0.577. The summed E-state index contributed by atoms with van der Waals surface area (Å²) in [5, 5.41) is 0. The number of carbonyl (C=O) groups is 1. The van der Waals surface area contributed by atoms with Crippen LogP contribution in [0.25, 0.3) is 0 Å². The molecule has 0 saturated heterocycles. The van der Waals surface area contributed by atoms with Crippen LogP contribution in [0.4, 0.5) is 13.2 Å². The van der Waals surface area contributed by atoms with Gasteiger partial charge in [-0.1, -0.05) is 15.9 Å². The average molecular weight is 311 g/mol. The molecule has 0 unspecified atom stereocenters. The topological polar surface area (TPSA) is 26.3 Å². The molecule has 0 radical (unpaired) electrons. The van der Waals surface area contributed by atoms with Crippen molar-refractivity contribution in [3.63, 3.8) is 0 Å². The number of halogens is 4. The maximum absolute atomic E-state index is 12.7. The first-order valence-corrected chi connectivity index (χ1v) is 5.54. The summed E-state index contributed by atoms with van der Waals surface area (Å²) in [6, 6.07) is 3.49. The van der Waals surface area contributed by atoms with Crippen LogP contribution in [0.3, 0.4) is 0 Å². The summed E-state index contributed by atoms with van der Waals surface area (Å²) < 4.78 is 43.1. The minimum absolute atomic E-state index is 0.0682. The van der Waals surface area contributed by atoms with Gasteiger partial charge in [-0.3, -0.25) is 4.79 Å². The number of ether oxygens (including phenoxy) is 1. The Hall–Kier alpha value is -0.880. The molecule has 6 heteroatoms. The van der Waals surface area contributed by atoms with Gasteiger partial charge < -0.3 is 4.74 Å². The Kier molecular flexibility index (Phi) is 4.70. The van der Waals surface area contributed by atoms with Gasteiger partial charge in [0.05, 0.1) is 12.2 Å². The average Bonchev–Trinajstić information content (AvgIpc) is 2.24. The quantitative estimate of drug-likeness (QED) is 0.793. The van der Waals surface area contributed by atoms with E-state index in [0.717, 1.165) is 6.07 Å². The van der Waals surface area contributed by atoms with Gasteiger partial charge in [0.15, 0.2) is 5.78 Å². The van der Waals surface area contributed by atoms with Gasteiger partial charge >= 0.3 is 6.18 Å². The lowest BCUT2D eigenvalue weighted by atomic mass is 10.0. The third kappa shape index (κ3) is 3.81. The van der Waals surface area contributed by atoms with Crippen molar-refractivity contribution < 1.29 is 22.7 Å². The molecule has 2 nitrogen and oxygen atoms in total. The van der Waals surface area contributed by atoms with Crippen LogP contribution in [0.15, 0.2) is 22.7 Å². The summed E-state index contributed by atoms with van der Waals surface area (Å²) in [4.78, 5) is 11.6. The molecule has 0 N–H and O–H groups in total. The van der Waals surface area contributed by atoms with Crippen molar-refractivity contribution >= 4 is 21.7 Å². The zero-order chi connectivity index (χ0) is 13.1. The van der Waals surface area contributed by atoms with Crippen LogP contribution in [-0.2, 0) is 10.9 Å². The highest BCUT2D eigenvalue weighted by atomic mass is 79.9. The van der Waals surface area contributed by atoms with E-state index in [9.17, 15) is 18.0 Å². The Morgan fingerprint density at radius 2 is 2.06 bits per heavy atom. The van der Waals surface area contributed by atoms with Crippen molar-refractivity contribution in [2.75, 3.05) is 13.7 Å². The molecule has 0 atom stereocenters. The number of Topliss-reactive ketones (excluding diaryl/α,β-unsaturated/α-hetero) is 1. The van der Waals surface area contributed by atoms with Crippen molar-refractivity contribution in [3.05, 3.63) is 33.8 Å². The Balaban J connectivity index is 3.11. The fourth-order valence-corrected chi connectivity index (χ4v) is 1.68. The van der Waals surface area contributed by atoms with Crippen LogP contribution in [-0.4, -0.2) is 19.5 Å². The molecule has 1 aromatic carbocycles. The Morgan fingerprint density at radius 3 is 2.59 bits per heavy atom. The lowest BCUT2D eigenvalue weighted by Crippen LogP contribution is -2.14. The molecule has 0 fully saturated rings. The van der Waals surface area contributed by atoms with E-state index >= 15 is 0 Å². The maximum Gasteiger partial charge on any atom is 0.417 e. The number of alkyl halides is 3. The predicted molar refractivity (Wildman–Crippen MR) is 60.0 cm³/mol. The summed E-state index contributed by atoms with van der Waals surface area (Å²) in [7, 11) is 1.39. The molecule has 94 valence electrons. The molecule has 0 bridgehead atoms. The maximum atomic E-state index is 12.7. The van der Waals surface area contributed by atoms with E-state index in [1.807, 2.05) is 0 Å². The molecule has 0 heterocycles. The molecular weight excluding hydrogens is 301 g/mol. The second-order valence-corrected chi connectivity index (χ2v) is 4.27. The van der Waals surface area contributed by atoms with Crippen LogP contribution in [0.1, 0.15) is 22.3 Å². The molecule has 0 saturated carbocycles. The first kappa shape index (κ1) is 14.2. The smallest absolute Gasteiger partial charge is 0.384 e. The minimum atomic E-state index is -4.54. The van der Waals surface area contributed by atoms with E-state index < -0.39 is 17.5 Å². The largest absolute Gasteiger partial charge is 0.417 e. The van der Waals surface area contributed by atoms with E-state index in [1.54, 1.807) is 0 Å². The Bertz CT molecular complexity index is 416. The minimum Gasteiger partial charge on any atom is -0.384 e. The highest BCUT2D eigenvalue weighted by molar-refractivity contribution is 9.10. The van der Waals surface area contributed by atoms with E-state index in [0.29, 0.717) is 0 Å². The van der Waals surface area contributed by atoms with Crippen molar-refractivity contribution in [1.29, 1.82) is 0 Å². The summed E-state index contributed by atoms with van der Waals surface area (Å²) in [6.45, 7) is 0.103. The fraction of sp³-hybridized carbons (Fsp3) is 0.364. The summed E-state index contributed by atoms with van der Waals surface area (Å²) in [5.41, 5.74) is -1.24. The Labute approximate surface area is 105 Å². The highest BCUT2D eigenvalue weighted by Gasteiger charge is 2.35. The lowest BCUT2D eigenvalue weighted by Gasteiger charge is -2.12. The second kappa shape index (κ2) is 5.64. The molecule has 0 amide bonds. The zero-order valence-electron chi connectivity index (χ0n) is 8.97.